The van der Waals surface area contributed by atoms with Crippen molar-refractivity contribution in [1.82, 2.24) is 5.32 Å². The van der Waals surface area contributed by atoms with Gasteiger partial charge in [-0.3, -0.25) is 0 Å². The van der Waals surface area contributed by atoms with Crippen molar-refractivity contribution in [1.29, 1.82) is 0 Å². The highest BCUT2D eigenvalue weighted by molar-refractivity contribution is 9.10. The van der Waals surface area contributed by atoms with Crippen LogP contribution < -0.4 is 5.32 Å². The molecule has 90 valence electrons. The minimum atomic E-state index is -0.0217. The molecule has 2 nitrogen and oxygen atoms in total. The van der Waals surface area contributed by atoms with Crippen LogP contribution in [0.25, 0.3) is 0 Å². The van der Waals surface area contributed by atoms with Crippen LogP contribution in [0.2, 0.25) is 0 Å². The third-order valence-corrected chi connectivity index (χ3v) is 3.60. The van der Waals surface area contributed by atoms with Gasteiger partial charge >= 0.3 is 0 Å². The van der Waals surface area contributed by atoms with Crippen LogP contribution in [0.5, 0.6) is 0 Å². The maximum atomic E-state index is 8.93. The summed E-state index contributed by atoms with van der Waals surface area (Å²) in [5.74, 6) is 0. The van der Waals surface area contributed by atoms with Crippen molar-refractivity contribution in [2.24, 2.45) is 0 Å². The van der Waals surface area contributed by atoms with Crippen LogP contribution >= 0.6 is 15.9 Å². The second kappa shape index (κ2) is 5.80. The molecular formula is C13H20BrNO. The van der Waals surface area contributed by atoms with Crippen molar-refractivity contribution < 1.29 is 5.11 Å². The number of nitrogens with one attached hydrogen (secondary N) is 1. The van der Waals surface area contributed by atoms with Crippen LogP contribution in [0.1, 0.15) is 31.4 Å². The van der Waals surface area contributed by atoms with Crippen molar-refractivity contribution in [3.63, 3.8) is 0 Å². The third-order valence-electron chi connectivity index (χ3n) is 2.74. The topological polar surface area (TPSA) is 32.3 Å². The highest BCUT2D eigenvalue weighted by Gasteiger charge is 2.15. The number of hydrogen-bond donors (Lipinski definition) is 2. The molecule has 1 aromatic rings. The van der Waals surface area contributed by atoms with E-state index in [9.17, 15) is 0 Å². The number of benzene rings is 1. The van der Waals surface area contributed by atoms with E-state index in [1.165, 1.54) is 11.1 Å². The maximum absolute atomic E-state index is 8.93. The Kier molecular flexibility index (Phi) is 4.96. The van der Waals surface area contributed by atoms with Gasteiger partial charge in [0.05, 0.1) is 0 Å². The van der Waals surface area contributed by atoms with E-state index in [0.29, 0.717) is 0 Å². The maximum Gasteiger partial charge on any atom is 0.0448 e. The second-order valence-electron chi connectivity index (χ2n) is 4.79. The molecule has 2 N–H and O–H groups in total. The predicted molar refractivity (Wildman–Crippen MR) is 71.5 cm³/mol. The largest absolute Gasteiger partial charge is 0.396 e. The third kappa shape index (κ3) is 4.24. The van der Waals surface area contributed by atoms with Gasteiger partial charge < -0.3 is 10.4 Å². The first-order valence-corrected chi connectivity index (χ1v) is 6.35. The van der Waals surface area contributed by atoms with Crippen molar-refractivity contribution >= 4 is 15.9 Å². The van der Waals surface area contributed by atoms with Gasteiger partial charge in [0, 0.05) is 23.2 Å². The molecule has 0 heterocycles. The monoisotopic (exact) mass is 285 g/mol. The molecule has 0 saturated heterocycles. The smallest absolute Gasteiger partial charge is 0.0448 e. The van der Waals surface area contributed by atoms with Gasteiger partial charge in [0.2, 0.25) is 0 Å². The molecule has 0 spiro atoms. The van der Waals surface area contributed by atoms with Crippen molar-refractivity contribution in [2.45, 2.75) is 39.3 Å². The standard InChI is InChI=1S/C13H20BrNO/c1-10-4-5-11(8-12(10)14)9-15-13(2,3)6-7-16/h4-5,8,15-16H,6-7,9H2,1-3H3. The first kappa shape index (κ1) is 13.7. The summed E-state index contributed by atoms with van der Waals surface area (Å²) in [6.07, 6.45) is 0.764. The van der Waals surface area contributed by atoms with E-state index in [1.54, 1.807) is 0 Å². The molecule has 0 unspecified atom stereocenters. The van der Waals surface area contributed by atoms with Crippen LogP contribution in [-0.2, 0) is 6.54 Å². The molecule has 1 aromatic carbocycles. The summed E-state index contributed by atoms with van der Waals surface area (Å²) in [7, 11) is 0. The number of aliphatic hydroxyl groups excluding tert-OH is 1. The summed E-state index contributed by atoms with van der Waals surface area (Å²) in [6.45, 7) is 7.33. The first-order chi connectivity index (χ1) is 7.44. The molecule has 0 aromatic heterocycles. The van der Waals surface area contributed by atoms with E-state index in [1.807, 2.05) is 0 Å². The van der Waals surface area contributed by atoms with Gasteiger partial charge in [-0.2, -0.15) is 0 Å². The molecule has 0 aliphatic heterocycles. The molecule has 0 amide bonds. The average Bonchev–Trinajstić information content (AvgIpc) is 2.20. The summed E-state index contributed by atoms with van der Waals surface area (Å²) >= 11 is 3.53. The van der Waals surface area contributed by atoms with Crippen molar-refractivity contribution in [2.75, 3.05) is 6.61 Å². The molecule has 1 rings (SSSR count). The molecular weight excluding hydrogens is 266 g/mol. The number of hydrogen-bond acceptors (Lipinski definition) is 2. The van der Waals surface area contributed by atoms with Gasteiger partial charge in [-0.05, 0) is 44.4 Å². The predicted octanol–water partition coefficient (Wildman–Crippen LogP) is 3.01. The molecule has 0 atom stereocenters. The number of aliphatic hydroxyl groups is 1. The second-order valence-corrected chi connectivity index (χ2v) is 5.65. The van der Waals surface area contributed by atoms with Gasteiger partial charge in [0.1, 0.15) is 0 Å². The van der Waals surface area contributed by atoms with Crippen molar-refractivity contribution in [3.8, 4) is 0 Å². The summed E-state index contributed by atoms with van der Waals surface area (Å²) in [5.41, 5.74) is 2.48. The minimum Gasteiger partial charge on any atom is -0.396 e. The Hall–Kier alpha value is -0.380. The fraction of sp³-hybridized carbons (Fsp3) is 0.538. The average molecular weight is 286 g/mol. The molecule has 0 fully saturated rings. The van der Waals surface area contributed by atoms with E-state index in [4.69, 9.17) is 5.11 Å². The molecule has 16 heavy (non-hydrogen) atoms. The Morgan fingerprint density at radius 1 is 1.38 bits per heavy atom. The van der Waals surface area contributed by atoms with Gasteiger partial charge in [0.15, 0.2) is 0 Å². The van der Waals surface area contributed by atoms with Crippen LogP contribution in [0, 0.1) is 6.92 Å². The fourth-order valence-corrected chi connectivity index (χ4v) is 1.88. The lowest BCUT2D eigenvalue weighted by Crippen LogP contribution is -2.39. The molecule has 0 aliphatic rings. The number of aryl methyl sites for hydroxylation is 1. The SMILES string of the molecule is Cc1ccc(CNC(C)(C)CCO)cc1Br. The normalized spacial score (nSPS) is 11.8. The molecule has 0 saturated carbocycles. The first-order valence-electron chi connectivity index (χ1n) is 5.55. The highest BCUT2D eigenvalue weighted by atomic mass is 79.9. The van der Waals surface area contributed by atoms with Crippen molar-refractivity contribution in [3.05, 3.63) is 33.8 Å². The molecule has 3 heteroatoms. The Labute approximate surface area is 106 Å². The summed E-state index contributed by atoms with van der Waals surface area (Å²) < 4.78 is 1.15. The Balaban J connectivity index is 2.57. The lowest BCUT2D eigenvalue weighted by Gasteiger charge is -2.25. The summed E-state index contributed by atoms with van der Waals surface area (Å²) in [6, 6.07) is 6.37. The van der Waals surface area contributed by atoms with E-state index < -0.39 is 0 Å². The van der Waals surface area contributed by atoms with Gasteiger partial charge in [-0.1, -0.05) is 28.1 Å². The Bertz CT molecular complexity index is 350. The number of rotatable bonds is 5. The Morgan fingerprint density at radius 3 is 2.62 bits per heavy atom. The quantitative estimate of drug-likeness (QED) is 0.872. The highest BCUT2D eigenvalue weighted by Crippen LogP contribution is 2.18. The fourth-order valence-electron chi connectivity index (χ4n) is 1.46. The van der Waals surface area contributed by atoms with E-state index in [2.05, 4.69) is 60.2 Å². The molecule has 0 radical (unpaired) electrons. The zero-order chi connectivity index (χ0) is 12.2. The van der Waals surface area contributed by atoms with Crippen LogP contribution in [-0.4, -0.2) is 17.3 Å². The van der Waals surface area contributed by atoms with E-state index in [-0.39, 0.29) is 12.1 Å². The molecule has 0 aliphatic carbocycles. The van der Waals surface area contributed by atoms with Gasteiger partial charge in [-0.15, -0.1) is 0 Å². The zero-order valence-corrected chi connectivity index (χ0v) is 11.8. The van der Waals surface area contributed by atoms with Crippen LogP contribution in [0.15, 0.2) is 22.7 Å². The van der Waals surface area contributed by atoms with Gasteiger partial charge in [-0.25, -0.2) is 0 Å². The van der Waals surface area contributed by atoms with Gasteiger partial charge in [0.25, 0.3) is 0 Å². The number of halogens is 1. The lowest BCUT2D eigenvalue weighted by atomic mass is 10.0. The summed E-state index contributed by atoms with van der Waals surface area (Å²) in [5, 5.41) is 12.4. The summed E-state index contributed by atoms with van der Waals surface area (Å²) in [4.78, 5) is 0. The zero-order valence-electron chi connectivity index (χ0n) is 10.2. The lowest BCUT2D eigenvalue weighted by molar-refractivity contribution is 0.230. The van der Waals surface area contributed by atoms with Crippen LogP contribution in [0.4, 0.5) is 0 Å². The van der Waals surface area contributed by atoms with E-state index in [0.717, 1.165) is 17.4 Å². The molecule has 0 bridgehead atoms. The Morgan fingerprint density at radius 2 is 2.06 bits per heavy atom. The van der Waals surface area contributed by atoms with Crippen LogP contribution in [0.3, 0.4) is 0 Å². The van der Waals surface area contributed by atoms with E-state index >= 15 is 0 Å². The minimum absolute atomic E-state index is 0.0217.